The molecule has 6 aromatic carbocycles. The maximum atomic E-state index is 16.6. The third-order valence-corrected chi connectivity index (χ3v) is 15.3. The number of benzene rings is 6. The molecule has 0 radical (unpaired) electrons. The van der Waals surface area contributed by atoms with Gasteiger partial charge in [-0.2, -0.15) is 8.78 Å². The average molecular weight is 1250 g/mol. The number of alkyl halides is 6. The summed E-state index contributed by atoms with van der Waals surface area (Å²) in [6.07, 6.45) is 0. The summed E-state index contributed by atoms with van der Waals surface area (Å²) in [6.45, 7) is 21.7. The summed E-state index contributed by atoms with van der Waals surface area (Å²) in [5, 5.41) is 1.69. The Balaban J connectivity index is 0.000000801. The van der Waals surface area contributed by atoms with E-state index in [0.717, 1.165) is 22.3 Å². The summed E-state index contributed by atoms with van der Waals surface area (Å²) >= 11 is 28.8. The number of halogens is 11. The minimum absolute atomic E-state index is 0.0921. The normalized spacial score (nSPS) is 16.1. The van der Waals surface area contributed by atoms with E-state index >= 15 is 17.6 Å². The van der Waals surface area contributed by atoms with Gasteiger partial charge in [0.2, 0.25) is 51.9 Å². The van der Waals surface area contributed by atoms with Gasteiger partial charge in [0.15, 0.2) is 59.1 Å². The molecule has 0 bridgehead atoms. The molecule has 0 saturated heterocycles. The second-order valence-corrected chi connectivity index (χ2v) is 28.8. The summed E-state index contributed by atoms with van der Waals surface area (Å²) in [4.78, 5) is 16.1. The van der Waals surface area contributed by atoms with E-state index in [1.807, 2.05) is 60.7 Å². The molecule has 83 heavy (non-hydrogen) atoms. The first kappa shape index (κ1) is 57.2. The van der Waals surface area contributed by atoms with Gasteiger partial charge in [-0.25, -0.2) is 18.2 Å². The molecule has 430 valence electrons. The lowest BCUT2D eigenvalue weighted by Crippen LogP contribution is -2.75. The number of nitrogens with zero attached hydrogens (tertiary/aromatic N) is 6. The number of fused-ring (bicyclic) bond motifs is 16. The Kier molecular flexibility index (Phi) is 13.2. The number of aromatic nitrogens is 2. The summed E-state index contributed by atoms with van der Waals surface area (Å²) in [5.41, 5.74) is 5.97. The fraction of sp³-hybridized carbons (Fsp3) is 0.300. The van der Waals surface area contributed by atoms with Gasteiger partial charge in [0.05, 0.1) is 21.9 Å². The Morgan fingerprint density at radius 3 is 1.34 bits per heavy atom. The summed E-state index contributed by atoms with van der Waals surface area (Å²) < 4.78 is 119. The Bertz CT molecular complexity index is 4730. The molecule has 0 unspecified atom stereocenters. The van der Waals surface area contributed by atoms with Gasteiger partial charge >= 0.3 is 6.75 Å². The van der Waals surface area contributed by atoms with Crippen LogP contribution in [0.15, 0.2) is 105 Å². The van der Waals surface area contributed by atoms with Gasteiger partial charge in [0, 0.05) is 21.9 Å². The van der Waals surface area contributed by atoms with E-state index in [4.69, 9.17) is 107 Å². The zero-order chi connectivity index (χ0) is 59.8. The van der Waals surface area contributed by atoms with Crippen molar-refractivity contribution in [2.75, 3.05) is 0 Å². The van der Waals surface area contributed by atoms with Crippen molar-refractivity contribution in [1.29, 1.82) is 0 Å². The molecule has 14 rings (SSSR count). The first-order valence-electron chi connectivity index (χ1n) is 26.2. The van der Waals surface area contributed by atoms with Crippen LogP contribution < -0.4 is 15.6 Å². The molecule has 1 atom stereocenters. The highest BCUT2D eigenvalue weighted by Gasteiger charge is 2.60. The number of rotatable bonds is 2. The number of amidine groups is 2. The Morgan fingerprint density at radius 2 is 0.892 bits per heavy atom. The van der Waals surface area contributed by atoms with Crippen molar-refractivity contribution in [2.45, 2.75) is 113 Å². The predicted octanol–water partition coefficient (Wildman–Crippen LogP) is 18.2. The average Bonchev–Trinajstić information content (AvgIpc) is 3.62. The lowest BCUT2D eigenvalue weighted by molar-refractivity contribution is -0.291. The van der Waals surface area contributed by atoms with Crippen molar-refractivity contribution in [2.24, 2.45) is 15.0 Å². The van der Waals surface area contributed by atoms with Crippen LogP contribution in [0, 0.1) is 29.1 Å². The number of aliphatic imine (C=N–C) groups is 1. The molecule has 11 nitrogen and oxygen atoms in total. The van der Waals surface area contributed by atoms with E-state index in [0.29, 0.717) is 44.2 Å². The van der Waals surface area contributed by atoms with Gasteiger partial charge in [-0.3, -0.25) is 0 Å². The fourth-order valence-corrected chi connectivity index (χ4v) is 11.5. The molecule has 0 spiro atoms. The van der Waals surface area contributed by atoms with Crippen molar-refractivity contribution in [3.8, 4) is 5.75 Å². The Labute approximate surface area is 500 Å². The SMILES string of the molecule is CC(C)(C)c1cc(C(C)(C)C)c2oc3c(oc2c1)c1oc2cc(C(C)(C)C)cc(C(C)(C)C)c2oc1c1c2n4c(c31)N=C1c3ccccc3C3=[N+]1[B@@-]4(Oc1c(F)c(F)c(F)c(F)c1F)n1c(c4ccccc4c1=N2)=N3.ClC(Cl)Cl.ClC(Cl)Cl. The van der Waals surface area contributed by atoms with Crippen LogP contribution in [0.1, 0.15) is 116 Å². The van der Waals surface area contributed by atoms with Crippen LogP contribution in [-0.4, -0.2) is 40.5 Å². The van der Waals surface area contributed by atoms with E-state index in [2.05, 4.69) is 95.2 Å². The molecule has 8 heterocycles. The molecule has 0 saturated carbocycles. The van der Waals surface area contributed by atoms with Crippen molar-refractivity contribution in [1.82, 2.24) is 8.96 Å². The van der Waals surface area contributed by atoms with Crippen LogP contribution in [0.2, 0.25) is 0 Å². The van der Waals surface area contributed by atoms with Gasteiger partial charge in [-0.05, 0) is 63.1 Å². The second-order valence-electron chi connectivity index (χ2n) is 24.8. The monoisotopic (exact) mass is 1250 g/mol. The molecular weight excluding hydrogens is 1200 g/mol. The lowest BCUT2D eigenvalue weighted by atomic mass is 9.75. The van der Waals surface area contributed by atoms with Crippen LogP contribution in [0.25, 0.3) is 66.2 Å². The Hall–Kier alpha value is -6.21. The van der Waals surface area contributed by atoms with Crippen LogP contribution in [-0.2, 0) is 21.7 Å². The smallest absolute Gasteiger partial charge is 0.568 e. The van der Waals surface area contributed by atoms with E-state index in [1.54, 1.807) is 13.4 Å². The third-order valence-electron chi connectivity index (χ3n) is 15.3. The van der Waals surface area contributed by atoms with E-state index < -0.39 is 61.0 Å². The highest BCUT2D eigenvalue weighted by atomic mass is 35.6. The molecule has 4 aromatic heterocycles. The van der Waals surface area contributed by atoms with Gasteiger partial charge in [0.25, 0.3) is 0 Å². The minimum atomic E-state index is -3.61. The second kappa shape index (κ2) is 19.2. The van der Waals surface area contributed by atoms with Gasteiger partial charge in [0.1, 0.15) is 11.3 Å². The summed E-state index contributed by atoms with van der Waals surface area (Å²) in [7, 11) is 0. The van der Waals surface area contributed by atoms with Crippen LogP contribution >= 0.6 is 69.6 Å². The third kappa shape index (κ3) is 8.62. The number of hydrogen-bond acceptors (Lipinski definition) is 8. The van der Waals surface area contributed by atoms with Crippen LogP contribution in [0.5, 0.6) is 5.75 Å². The van der Waals surface area contributed by atoms with E-state index in [-0.39, 0.29) is 78.2 Å². The molecule has 4 aliphatic heterocycles. The van der Waals surface area contributed by atoms with Crippen molar-refractivity contribution in [3.05, 3.63) is 146 Å². The quantitative estimate of drug-likeness (QED) is 0.0325. The maximum absolute atomic E-state index is 16.6. The predicted molar refractivity (Wildman–Crippen MR) is 320 cm³/mol. The largest absolute Gasteiger partial charge is 0.644 e. The molecule has 4 aliphatic rings. The fourth-order valence-electron chi connectivity index (χ4n) is 11.5. The molecule has 0 N–H and O–H groups in total. The van der Waals surface area contributed by atoms with Crippen molar-refractivity contribution >= 4 is 166 Å². The van der Waals surface area contributed by atoms with Gasteiger partial charge < -0.3 is 35.8 Å². The first-order chi connectivity index (χ1) is 38.7. The zero-order valence-corrected chi connectivity index (χ0v) is 51.1. The summed E-state index contributed by atoms with van der Waals surface area (Å²) in [6, 6.07) is 22.7. The summed E-state index contributed by atoms with van der Waals surface area (Å²) in [5.74, 6) is -11.9. The zero-order valence-electron chi connectivity index (χ0n) is 46.5. The molecule has 0 amide bonds. The molecule has 0 fully saturated rings. The molecule has 23 heteroatoms. The van der Waals surface area contributed by atoms with Crippen LogP contribution in [0.3, 0.4) is 0 Å². The van der Waals surface area contributed by atoms with Gasteiger partial charge in [-0.15, -0.1) is 0 Å². The number of hydrogen-bond donors (Lipinski definition) is 0. The maximum Gasteiger partial charge on any atom is 0.568 e. The standard InChI is InChI=1S/C58H48BF5N6O5.2CHCl3/c1-55(2,3)25-21-31(57(7,8)9)42-33(23-25)71-47-44(73-42)35-36(45-48(47)72-34-24-26(56(4,5)6)22-32(43(34)74-45)58(10,11)12)54-67-52-30-20-16-14-18-28(30)50-65-49-27-17-13-15-19-29(27)51-66-53(35)70(54)59(68(49)51,69(50)52)75-46-40(63)38(61)37(60)39(62)41(46)64;2*2-1(3)4/h13-24H,1-12H3;2*1H. The highest BCUT2D eigenvalue weighted by Crippen LogP contribution is 2.54. The molecule has 10 aromatic rings. The van der Waals surface area contributed by atoms with Crippen molar-refractivity contribution < 1.29 is 48.8 Å². The minimum Gasteiger partial charge on any atom is -0.644 e. The lowest BCUT2D eigenvalue weighted by Gasteiger charge is -2.47. The van der Waals surface area contributed by atoms with Gasteiger partial charge in [-0.1, -0.05) is 205 Å². The highest BCUT2D eigenvalue weighted by molar-refractivity contribution is 6.69. The molecular formula is C60H50BCl6F5N6O5. The first-order valence-corrected chi connectivity index (χ1v) is 28.9. The Morgan fingerprint density at radius 1 is 0.482 bits per heavy atom. The molecule has 0 aliphatic carbocycles. The van der Waals surface area contributed by atoms with E-state index in [9.17, 15) is 4.39 Å². The van der Waals surface area contributed by atoms with Crippen LogP contribution in [0.4, 0.5) is 33.6 Å². The topological polar surface area (TPSA) is 112 Å². The van der Waals surface area contributed by atoms with Crippen molar-refractivity contribution in [3.63, 3.8) is 0 Å². The van der Waals surface area contributed by atoms with E-state index in [1.165, 1.54) is 0 Å².